The van der Waals surface area contributed by atoms with Crippen molar-refractivity contribution in [1.82, 2.24) is 9.38 Å². The van der Waals surface area contributed by atoms with E-state index in [2.05, 4.69) is 30.1 Å². The van der Waals surface area contributed by atoms with Crippen LogP contribution in [0, 0.1) is 18.8 Å². The lowest BCUT2D eigenvalue weighted by Crippen LogP contribution is -2.40. The van der Waals surface area contributed by atoms with Gasteiger partial charge in [0, 0.05) is 36.6 Å². The largest absolute Gasteiger partial charge is 0.456 e. The standard InChI is InChI=1S/C29H38N4O3/c1-18-12-19(2)16-32(15-18)25-14-26(34)33-17-20(3)13-23(27(33)31-25)21(4)30-24-11-9-8-10-22(24)28(35)36-29(5,6)7/h8-11,13-14,17-19,21,30H,12,15-16H2,1-7H3/t18-,19+,21-/m0/s1. The van der Waals surface area contributed by atoms with Crippen molar-refractivity contribution in [3.8, 4) is 0 Å². The van der Waals surface area contributed by atoms with E-state index in [0.717, 1.165) is 30.0 Å². The van der Waals surface area contributed by atoms with E-state index >= 15 is 0 Å². The SMILES string of the molecule is Cc1cc([C@H](C)Nc2ccccc2C(=O)OC(C)(C)C)c2nc(N3C[C@H](C)C[C@H](C)C3)cc(=O)n2c1. The molecule has 36 heavy (non-hydrogen) atoms. The van der Waals surface area contributed by atoms with Gasteiger partial charge in [-0.3, -0.25) is 9.20 Å². The second-order valence-electron chi connectivity index (χ2n) is 11.4. The van der Waals surface area contributed by atoms with Gasteiger partial charge in [-0.25, -0.2) is 9.78 Å². The lowest BCUT2D eigenvalue weighted by atomic mass is 9.92. The quantitative estimate of drug-likeness (QED) is 0.468. The van der Waals surface area contributed by atoms with Crippen LogP contribution in [0.25, 0.3) is 5.65 Å². The summed E-state index contributed by atoms with van der Waals surface area (Å²) < 4.78 is 7.24. The molecule has 1 saturated heterocycles. The highest BCUT2D eigenvalue weighted by molar-refractivity contribution is 5.96. The number of aryl methyl sites for hydroxylation is 1. The number of hydrogen-bond acceptors (Lipinski definition) is 6. The molecule has 0 unspecified atom stereocenters. The number of para-hydroxylation sites is 1. The van der Waals surface area contributed by atoms with Gasteiger partial charge in [0.15, 0.2) is 0 Å². The zero-order valence-electron chi connectivity index (χ0n) is 22.5. The minimum Gasteiger partial charge on any atom is -0.456 e. The molecule has 192 valence electrons. The van der Waals surface area contributed by atoms with Crippen molar-refractivity contribution in [3.63, 3.8) is 0 Å². The maximum Gasteiger partial charge on any atom is 0.340 e. The second kappa shape index (κ2) is 9.96. The number of aromatic nitrogens is 2. The Morgan fingerprint density at radius 1 is 1.14 bits per heavy atom. The fourth-order valence-electron chi connectivity index (χ4n) is 5.12. The van der Waals surface area contributed by atoms with Crippen LogP contribution >= 0.6 is 0 Å². The highest BCUT2D eigenvalue weighted by atomic mass is 16.6. The number of pyridine rings is 1. The number of nitrogens with zero attached hydrogens (tertiary/aromatic N) is 3. The first-order chi connectivity index (χ1) is 16.9. The zero-order valence-corrected chi connectivity index (χ0v) is 22.5. The summed E-state index contributed by atoms with van der Waals surface area (Å²) in [6.07, 6.45) is 3.02. The highest BCUT2D eigenvalue weighted by Crippen LogP contribution is 2.29. The first kappa shape index (κ1) is 25.7. The molecule has 4 rings (SSSR count). The number of fused-ring (bicyclic) bond motifs is 1. The summed E-state index contributed by atoms with van der Waals surface area (Å²) in [5.41, 5.74) is 2.95. The van der Waals surface area contributed by atoms with Crippen LogP contribution in [0.4, 0.5) is 11.5 Å². The van der Waals surface area contributed by atoms with Crippen LogP contribution in [0.1, 0.15) is 75.5 Å². The molecule has 1 N–H and O–H groups in total. The normalized spacial score (nSPS) is 19.2. The summed E-state index contributed by atoms with van der Waals surface area (Å²) in [7, 11) is 0. The van der Waals surface area contributed by atoms with Crippen molar-refractivity contribution in [2.24, 2.45) is 11.8 Å². The van der Waals surface area contributed by atoms with Gasteiger partial charge in [-0.15, -0.1) is 0 Å². The van der Waals surface area contributed by atoms with Gasteiger partial charge in [0.2, 0.25) is 0 Å². The molecule has 0 bridgehead atoms. The van der Waals surface area contributed by atoms with Gasteiger partial charge in [0.05, 0.1) is 11.6 Å². The number of carbonyl (C=O) groups is 1. The van der Waals surface area contributed by atoms with Crippen molar-refractivity contribution in [2.75, 3.05) is 23.3 Å². The maximum atomic E-state index is 13.2. The van der Waals surface area contributed by atoms with Gasteiger partial charge in [-0.2, -0.15) is 0 Å². The summed E-state index contributed by atoms with van der Waals surface area (Å²) in [6, 6.07) is 10.8. The molecule has 3 heterocycles. The molecule has 1 aromatic carbocycles. The molecule has 0 aliphatic carbocycles. The number of anilines is 2. The number of esters is 1. The Hall–Kier alpha value is -3.35. The second-order valence-corrected chi connectivity index (χ2v) is 11.4. The molecule has 3 atom stereocenters. The average Bonchev–Trinajstić information content (AvgIpc) is 2.77. The van der Waals surface area contributed by atoms with Gasteiger partial charge >= 0.3 is 5.97 Å². The number of ether oxygens (including phenoxy) is 1. The lowest BCUT2D eigenvalue weighted by Gasteiger charge is -2.35. The Morgan fingerprint density at radius 3 is 2.47 bits per heavy atom. The summed E-state index contributed by atoms with van der Waals surface area (Å²) in [6.45, 7) is 15.8. The molecular formula is C29H38N4O3. The number of hydrogen-bond donors (Lipinski definition) is 1. The number of rotatable bonds is 5. The summed E-state index contributed by atoms with van der Waals surface area (Å²) in [4.78, 5) is 33.3. The van der Waals surface area contributed by atoms with Crippen LogP contribution in [0.3, 0.4) is 0 Å². The molecule has 2 aromatic heterocycles. The van der Waals surface area contributed by atoms with E-state index in [1.807, 2.05) is 59.0 Å². The van der Waals surface area contributed by atoms with Crippen molar-refractivity contribution < 1.29 is 9.53 Å². The zero-order chi connectivity index (χ0) is 26.2. The van der Waals surface area contributed by atoms with E-state index < -0.39 is 5.60 Å². The van der Waals surface area contributed by atoms with Crippen LogP contribution in [-0.2, 0) is 4.74 Å². The Labute approximate surface area is 213 Å². The predicted molar refractivity (Wildman–Crippen MR) is 145 cm³/mol. The van der Waals surface area contributed by atoms with Crippen molar-refractivity contribution in [2.45, 2.75) is 66.5 Å². The van der Waals surface area contributed by atoms with Gasteiger partial charge in [-0.1, -0.05) is 26.0 Å². The molecule has 1 fully saturated rings. The minimum absolute atomic E-state index is 0.0906. The number of nitrogens with one attached hydrogen (secondary N) is 1. The average molecular weight is 491 g/mol. The van der Waals surface area contributed by atoms with E-state index in [4.69, 9.17) is 9.72 Å². The molecule has 7 heteroatoms. The molecule has 3 aromatic rings. The van der Waals surface area contributed by atoms with Crippen molar-refractivity contribution >= 4 is 23.1 Å². The van der Waals surface area contributed by atoms with Crippen molar-refractivity contribution in [3.05, 3.63) is 69.6 Å². The predicted octanol–water partition coefficient (Wildman–Crippen LogP) is 5.61. The van der Waals surface area contributed by atoms with E-state index in [-0.39, 0.29) is 17.6 Å². The molecule has 0 amide bonds. The number of benzene rings is 1. The van der Waals surface area contributed by atoms with Crippen LogP contribution in [0.5, 0.6) is 0 Å². The summed E-state index contributed by atoms with van der Waals surface area (Å²) in [5, 5.41) is 3.48. The minimum atomic E-state index is -0.590. The summed E-state index contributed by atoms with van der Waals surface area (Å²) >= 11 is 0. The van der Waals surface area contributed by atoms with E-state index in [1.165, 1.54) is 6.42 Å². The van der Waals surface area contributed by atoms with E-state index in [0.29, 0.717) is 28.7 Å². The fraction of sp³-hybridized carbons (Fsp3) is 0.483. The first-order valence-corrected chi connectivity index (χ1v) is 12.8. The Morgan fingerprint density at radius 2 is 1.81 bits per heavy atom. The molecule has 7 nitrogen and oxygen atoms in total. The molecule has 1 aliphatic rings. The fourth-order valence-corrected chi connectivity index (χ4v) is 5.12. The lowest BCUT2D eigenvalue weighted by molar-refractivity contribution is 0.00706. The Balaban J connectivity index is 1.73. The molecule has 0 spiro atoms. The van der Waals surface area contributed by atoms with Crippen LogP contribution in [0.15, 0.2) is 47.4 Å². The van der Waals surface area contributed by atoms with Crippen molar-refractivity contribution in [1.29, 1.82) is 0 Å². The van der Waals surface area contributed by atoms with Gasteiger partial charge in [0.25, 0.3) is 5.56 Å². The third kappa shape index (κ3) is 5.72. The third-order valence-electron chi connectivity index (χ3n) is 6.49. The van der Waals surface area contributed by atoms with Gasteiger partial charge in [-0.05, 0) is 76.6 Å². The maximum absolute atomic E-state index is 13.2. The van der Waals surface area contributed by atoms with E-state index in [9.17, 15) is 9.59 Å². The Bertz CT molecular complexity index is 1310. The number of carbonyl (C=O) groups excluding carboxylic acids is 1. The van der Waals surface area contributed by atoms with Gasteiger partial charge < -0.3 is 15.0 Å². The molecular weight excluding hydrogens is 452 g/mol. The van der Waals surface area contributed by atoms with E-state index in [1.54, 1.807) is 16.5 Å². The van der Waals surface area contributed by atoms with Crippen LogP contribution < -0.4 is 15.8 Å². The van der Waals surface area contributed by atoms with Gasteiger partial charge in [0.1, 0.15) is 17.1 Å². The highest BCUT2D eigenvalue weighted by Gasteiger charge is 2.25. The summed E-state index contributed by atoms with van der Waals surface area (Å²) in [5.74, 6) is 1.45. The Kier molecular flexibility index (Phi) is 7.12. The molecule has 0 saturated carbocycles. The molecule has 1 aliphatic heterocycles. The van der Waals surface area contributed by atoms with Crippen LogP contribution in [-0.4, -0.2) is 34.0 Å². The third-order valence-corrected chi connectivity index (χ3v) is 6.49. The first-order valence-electron chi connectivity index (χ1n) is 12.8. The molecule has 0 radical (unpaired) electrons. The monoisotopic (exact) mass is 490 g/mol. The smallest absolute Gasteiger partial charge is 0.340 e. The van der Waals surface area contributed by atoms with Crippen LogP contribution in [0.2, 0.25) is 0 Å². The number of piperidine rings is 1. The topological polar surface area (TPSA) is 75.9 Å².